The zero-order valence-corrected chi connectivity index (χ0v) is 13.3. The highest BCUT2D eigenvalue weighted by atomic mass is 32.1. The van der Waals surface area contributed by atoms with Gasteiger partial charge in [0.2, 0.25) is 0 Å². The molecule has 1 unspecified atom stereocenters. The Labute approximate surface area is 129 Å². The van der Waals surface area contributed by atoms with Gasteiger partial charge in [0.1, 0.15) is 5.01 Å². The first kappa shape index (κ1) is 15.7. The van der Waals surface area contributed by atoms with Gasteiger partial charge in [0, 0.05) is 5.38 Å². The van der Waals surface area contributed by atoms with E-state index in [2.05, 4.69) is 31.0 Å². The van der Waals surface area contributed by atoms with Crippen LogP contribution >= 0.6 is 11.3 Å². The van der Waals surface area contributed by atoms with Crippen molar-refractivity contribution in [3.8, 4) is 0 Å². The van der Waals surface area contributed by atoms with Crippen LogP contribution in [-0.4, -0.2) is 17.6 Å². The summed E-state index contributed by atoms with van der Waals surface area (Å²) >= 11 is 1.38. The fourth-order valence-electron chi connectivity index (χ4n) is 1.96. The van der Waals surface area contributed by atoms with E-state index in [9.17, 15) is 4.79 Å². The Morgan fingerprint density at radius 3 is 2.48 bits per heavy atom. The lowest BCUT2D eigenvalue weighted by atomic mass is 9.99. The van der Waals surface area contributed by atoms with Crippen molar-refractivity contribution in [1.82, 2.24) is 4.98 Å². The monoisotopic (exact) mass is 304 g/mol. The normalized spacial score (nSPS) is 12.4. The van der Waals surface area contributed by atoms with Crippen molar-refractivity contribution >= 4 is 17.3 Å². The van der Waals surface area contributed by atoms with E-state index >= 15 is 0 Å². The zero-order valence-electron chi connectivity index (χ0n) is 12.5. The van der Waals surface area contributed by atoms with E-state index in [4.69, 9.17) is 10.5 Å². The molecular weight excluding hydrogens is 284 g/mol. The van der Waals surface area contributed by atoms with Gasteiger partial charge in [0.05, 0.1) is 12.6 Å². The molecule has 0 saturated carbocycles. The average molecular weight is 304 g/mol. The highest BCUT2D eigenvalue weighted by Crippen LogP contribution is 2.25. The number of hydrogen-bond acceptors (Lipinski definition) is 5. The van der Waals surface area contributed by atoms with E-state index in [1.807, 2.05) is 12.1 Å². The van der Waals surface area contributed by atoms with Gasteiger partial charge in [-0.2, -0.15) is 0 Å². The van der Waals surface area contributed by atoms with Crippen molar-refractivity contribution in [3.63, 3.8) is 0 Å². The Balaban J connectivity index is 2.16. The number of thiazole rings is 1. The smallest absolute Gasteiger partial charge is 0.357 e. The van der Waals surface area contributed by atoms with Crippen LogP contribution in [-0.2, 0) is 4.74 Å². The molecule has 112 valence electrons. The number of carbonyl (C=O) groups is 1. The number of ether oxygens (including phenoxy) is 1. The summed E-state index contributed by atoms with van der Waals surface area (Å²) in [4.78, 5) is 15.9. The van der Waals surface area contributed by atoms with Gasteiger partial charge in [-0.3, -0.25) is 0 Å². The topological polar surface area (TPSA) is 65.2 Å². The molecule has 1 aromatic heterocycles. The van der Waals surface area contributed by atoms with E-state index < -0.39 is 5.97 Å². The molecule has 2 aromatic rings. The summed E-state index contributed by atoms with van der Waals surface area (Å²) in [5.74, 6) is 0.0907. The number of esters is 1. The molecule has 0 radical (unpaired) electrons. The minimum atomic E-state index is -0.401. The Morgan fingerprint density at radius 2 is 1.90 bits per heavy atom. The molecule has 1 heterocycles. The number of benzene rings is 1. The maximum atomic E-state index is 11.6. The third kappa shape index (κ3) is 3.68. The number of nitrogens with zero attached hydrogens (tertiary/aromatic N) is 1. The molecule has 1 atom stereocenters. The maximum Gasteiger partial charge on any atom is 0.357 e. The summed E-state index contributed by atoms with van der Waals surface area (Å²) in [7, 11) is 0. The van der Waals surface area contributed by atoms with Crippen LogP contribution in [0, 0.1) is 0 Å². The molecule has 4 nitrogen and oxygen atoms in total. The largest absolute Gasteiger partial charge is 0.461 e. The van der Waals surface area contributed by atoms with Gasteiger partial charge in [-0.25, -0.2) is 9.78 Å². The van der Waals surface area contributed by atoms with E-state index in [-0.39, 0.29) is 6.04 Å². The number of carbonyl (C=O) groups excluding carboxylic acids is 1. The minimum Gasteiger partial charge on any atom is -0.461 e. The van der Waals surface area contributed by atoms with Gasteiger partial charge in [0.15, 0.2) is 5.69 Å². The first-order valence-corrected chi connectivity index (χ1v) is 7.88. The van der Waals surface area contributed by atoms with Crippen LogP contribution in [0.1, 0.15) is 59.4 Å². The lowest BCUT2D eigenvalue weighted by molar-refractivity contribution is 0.0520. The summed E-state index contributed by atoms with van der Waals surface area (Å²) in [5, 5.41) is 2.41. The second-order valence-electron chi connectivity index (χ2n) is 5.09. The first-order valence-electron chi connectivity index (χ1n) is 7.01. The fraction of sp³-hybridized carbons (Fsp3) is 0.375. The van der Waals surface area contributed by atoms with Crippen molar-refractivity contribution in [2.75, 3.05) is 6.61 Å². The lowest BCUT2D eigenvalue weighted by Crippen LogP contribution is -2.12. The predicted molar refractivity (Wildman–Crippen MR) is 84.6 cm³/mol. The molecular formula is C16H20N2O2S. The molecule has 5 heteroatoms. The molecule has 0 aliphatic rings. The molecule has 0 spiro atoms. The van der Waals surface area contributed by atoms with Gasteiger partial charge in [0.25, 0.3) is 0 Å². The summed E-state index contributed by atoms with van der Waals surface area (Å²) in [6, 6.07) is 7.88. The number of aromatic nitrogens is 1. The second kappa shape index (κ2) is 6.83. The van der Waals surface area contributed by atoms with E-state index in [1.165, 1.54) is 16.9 Å². The lowest BCUT2D eigenvalue weighted by Gasteiger charge is -2.11. The molecule has 1 aromatic carbocycles. The summed E-state index contributed by atoms with van der Waals surface area (Å²) in [6.07, 6.45) is 0. The van der Waals surface area contributed by atoms with Crippen LogP contribution < -0.4 is 5.73 Å². The molecule has 21 heavy (non-hydrogen) atoms. The van der Waals surface area contributed by atoms with Crippen LogP contribution in [0.15, 0.2) is 29.6 Å². The molecule has 0 aliphatic carbocycles. The van der Waals surface area contributed by atoms with Gasteiger partial charge < -0.3 is 10.5 Å². The van der Waals surface area contributed by atoms with E-state index in [1.54, 1.807) is 12.3 Å². The molecule has 2 rings (SSSR count). The highest BCUT2D eigenvalue weighted by Gasteiger charge is 2.17. The Bertz CT molecular complexity index is 605. The Hall–Kier alpha value is -1.72. The van der Waals surface area contributed by atoms with Crippen LogP contribution in [0.2, 0.25) is 0 Å². The van der Waals surface area contributed by atoms with Crippen molar-refractivity contribution < 1.29 is 9.53 Å². The predicted octanol–water partition coefficient (Wildman–Crippen LogP) is 3.49. The average Bonchev–Trinajstić information content (AvgIpc) is 2.96. The maximum absolute atomic E-state index is 11.6. The van der Waals surface area contributed by atoms with Crippen molar-refractivity contribution in [2.45, 2.75) is 32.7 Å². The SMILES string of the molecule is CCOC(=O)c1csc(C(N)c2ccc(C(C)C)cc2)n1. The molecule has 0 amide bonds. The Kier molecular flexibility index (Phi) is 5.09. The summed E-state index contributed by atoms with van der Waals surface area (Å²) in [6.45, 7) is 6.42. The van der Waals surface area contributed by atoms with E-state index in [0.717, 1.165) is 10.6 Å². The summed E-state index contributed by atoms with van der Waals surface area (Å²) in [5.41, 5.74) is 8.82. The van der Waals surface area contributed by atoms with Crippen molar-refractivity contribution in [3.05, 3.63) is 51.5 Å². The highest BCUT2D eigenvalue weighted by molar-refractivity contribution is 7.10. The molecule has 0 aliphatic heterocycles. The van der Waals surface area contributed by atoms with Crippen LogP contribution in [0.25, 0.3) is 0 Å². The van der Waals surface area contributed by atoms with E-state index in [0.29, 0.717) is 18.2 Å². The quantitative estimate of drug-likeness (QED) is 0.859. The molecule has 0 saturated heterocycles. The standard InChI is InChI=1S/C16H20N2O2S/c1-4-20-16(19)13-9-21-15(18-13)14(17)12-7-5-11(6-8-12)10(2)3/h5-10,14H,4,17H2,1-3H3. The number of rotatable bonds is 5. The van der Waals surface area contributed by atoms with Gasteiger partial charge >= 0.3 is 5.97 Å². The second-order valence-corrected chi connectivity index (χ2v) is 5.98. The zero-order chi connectivity index (χ0) is 15.4. The molecule has 0 bridgehead atoms. The minimum absolute atomic E-state index is 0.320. The Morgan fingerprint density at radius 1 is 1.29 bits per heavy atom. The number of hydrogen-bond donors (Lipinski definition) is 1. The third-order valence-electron chi connectivity index (χ3n) is 3.23. The summed E-state index contributed by atoms with van der Waals surface area (Å²) < 4.78 is 4.93. The molecule has 0 fully saturated rings. The third-order valence-corrected chi connectivity index (χ3v) is 4.16. The molecule has 2 N–H and O–H groups in total. The number of nitrogens with two attached hydrogens (primary N) is 1. The van der Waals surface area contributed by atoms with Gasteiger partial charge in [-0.05, 0) is 24.0 Å². The van der Waals surface area contributed by atoms with Crippen molar-refractivity contribution in [2.24, 2.45) is 5.73 Å². The fourth-order valence-corrected chi connectivity index (χ4v) is 2.78. The van der Waals surface area contributed by atoms with Crippen LogP contribution in [0.4, 0.5) is 0 Å². The van der Waals surface area contributed by atoms with Gasteiger partial charge in [-0.15, -0.1) is 11.3 Å². The van der Waals surface area contributed by atoms with Crippen LogP contribution in [0.5, 0.6) is 0 Å². The van der Waals surface area contributed by atoms with Crippen LogP contribution in [0.3, 0.4) is 0 Å². The first-order chi connectivity index (χ1) is 10.0. The van der Waals surface area contributed by atoms with Crippen molar-refractivity contribution in [1.29, 1.82) is 0 Å². The van der Waals surface area contributed by atoms with Gasteiger partial charge in [-0.1, -0.05) is 38.1 Å².